The third-order valence-electron chi connectivity index (χ3n) is 2.98. The minimum Gasteiger partial charge on any atom is -0.481 e. The van der Waals surface area contributed by atoms with E-state index in [4.69, 9.17) is 10.8 Å². The molecule has 0 fully saturated rings. The predicted molar refractivity (Wildman–Crippen MR) is 72.0 cm³/mol. The molecule has 0 spiro atoms. The highest BCUT2D eigenvalue weighted by atomic mass is 32.2. The first-order chi connectivity index (χ1) is 9.75. The number of carbonyl (C=O) groups excluding carboxylic acids is 2. The van der Waals surface area contributed by atoms with E-state index < -0.39 is 33.6 Å². The molecule has 2 amide bonds. The van der Waals surface area contributed by atoms with Crippen LogP contribution in [0.4, 0.5) is 5.69 Å². The average molecular weight is 312 g/mol. The lowest BCUT2D eigenvalue weighted by molar-refractivity contribution is -0.137. The lowest BCUT2D eigenvalue weighted by Crippen LogP contribution is -2.37. The van der Waals surface area contributed by atoms with Crippen molar-refractivity contribution in [2.75, 3.05) is 11.5 Å². The molecule has 0 bridgehead atoms. The normalized spacial score (nSPS) is 14.4. The van der Waals surface area contributed by atoms with Gasteiger partial charge in [0.15, 0.2) is 0 Å². The topological polar surface area (TPSA) is 135 Å². The van der Waals surface area contributed by atoms with E-state index in [2.05, 4.69) is 0 Å². The van der Waals surface area contributed by atoms with Gasteiger partial charge in [-0.1, -0.05) is 6.07 Å². The number of aliphatic carboxylic acids is 1. The molecule has 0 aliphatic carbocycles. The van der Waals surface area contributed by atoms with Crippen LogP contribution in [0.25, 0.3) is 0 Å². The van der Waals surface area contributed by atoms with Gasteiger partial charge < -0.3 is 10.8 Å². The summed E-state index contributed by atoms with van der Waals surface area (Å²) in [6.45, 7) is 0. The second kappa shape index (κ2) is 5.17. The van der Waals surface area contributed by atoms with Crippen LogP contribution in [0.1, 0.15) is 33.6 Å². The molecule has 2 rings (SSSR count). The van der Waals surface area contributed by atoms with Gasteiger partial charge in [0.1, 0.15) is 0 Å². The van der Waals surface area contributed by atoms with E-state index >= 15 is 0 Å². The Bertz CT molecular complexity index is 740. The Morgan fingerprint density at radius 2 is 1.90 bits per heavy atom. The third kappa shape index (κ3) is 2.59. The standard InChI is InChI=1S/C12H12N2O6S/c13-8-4-1-3-7-10(8)12(18)14(11(7)17)21(19,20)6-2-5-9(15)16/h1,3-4H,2,5-6,13H2,(H,15,16). The summed E-state index contributed by atoms with van der Waals surface area (Å²) >= 11 is 0. The molecule has 0 unspecified atom stereocenters. The quantitative estimate of drug-likeness (QED) is 0.579. The molecule has 0 atom stereocenters. The Labute approximate surface area is 120 Å². The molecule has 8 nitrogen and oxygen atoms in total. The van der Waals surface area contributed by atoms with Crippen LogP contribution < -0.4 is 5.73 Å². The van der Waals surface area contributed by atoms with E-state index in [1.54, 1.807) is 0 Å². The van der Waals surface area contributed by atoms with Gasteiger partial charge in [-0.3, -0.25) is 14.4 Å². The number of benzene rings is 1. The summed E-state index contributed by atoms with van der Waals surface area (Å²) < 4.78 is 24.3. The van der Waals surface area contributed by atoms with Crippen molar-refractivity contribution in [1.29, 1.82) is 0 Å². The van der Waals surface area contributed by atoms with Crippen molar-refractivity contribution in [2.24, 2.45) is 0 Å². The molecular weight excluding hydrogens is 300 g/mol. The molecule has 1 heterocycles. The minimum atomic E-state index is -4.22. The van der Waals surface area contributed by atoms with Crippen molar-refractivity contribution in [1.82, 2.24) is 4.31 Å². The first-order valence-electron chi connectivity index (χ1n) is 5.97. The van der Waals surface area contributed by atoms with Crippen LogP contribution in [0.15, 0.2) is 18.2 Å². The first-order valence-corrected chi connectivity index (χ1v) is 7.58. The van der Waals surface area contributed by atoms with E-state index in [0.717, 1.165) is 0 Å². The molecule has 1 aliphatic heterocycles. The molecule has 9 heteroatoms. The van der Waals surface area contributed by atoms with Gasteiger partial charge in [0.25, 0.3) is 11.8 Å². The van der Waals surface area contributed by atoms with E-state index in [1.165, 1.54) is 18.2 Å². The molecule has 3 N–H and O–H groups in total. The van der Waals surface area contributed by atoms with Crippen molar-refractivity contribution in [3.8, 4) is 0 Å². The highest BCUT2D eigenvalue weighted by Gasteiger charge is 2.44. The lowest BCUT2D eigenvalue weighted by atomic mass is 10.1. The molecule has 0 aromatic heterocycles. The molecule has 0 radical (unpaired) electrons. The zero-order valence-electron chi connectivity index (χ0n) is 10.8. The molecule has 0 saturated carbocycles. The van der Waals surface area contributed by atoms with Gasteiger partial charge in [-0.25, -0.2) is 8.42 Å². The number of amides is 2. The van der Waals surface area contributed by atoms with Crippen LogP contribution in [0.2, 0.25) is 0 Å². The number of fused-ring (bicyclic) bond motifs is 1. The van der Waals surface area contributed by atoms with Gasteiger partial charge in [-0.05, 0) is 18.6 Å². The van der Waals surface area contributed by atoms with E-state index in [1.807, 2.05) is 0 Å². The van der Waals surface area contributed by atoms with Gasteiger partial charge >= 0.3 is 5.97 Å². The van der Waals surface area contributed by atoms with Crippen molar-refractivity contribution >= 4 is 33.5 Å². The van der Waals surface area contributed by atoms with Crippen LogP contribution in [-0.2, 0) is 14.8 Å². The van der Waals surface area contributed by atoms with Crippen LogP contribution in [0.3, 0.4) is 0 Å². The fourth-order valence-electron chi connectivity index (χ4n) is 2.04. The smallest absolute Gasteiger partial charge is 0.303 e. The number of anilines is 1. The highest BCUT2D eigenvalue weighted by Crippen LogP contribution is 2.29. The zero-order chi connectivity index (χ0) is 15.8. The number of rotatable bonds is 5. The van der Waals surface area contributed by atoms with Crippen LogP contribution in [0.5, 0.6) is 0 Å². The number of nitrogen functional groups attached to an aromatic ring is 1. The van der Waals surface area contributed by atoms with Crippen LogP contribution >= 0.6 is 0 Å². The lowest BCUT2D eigenvalue weighted by Gasteiger charge is -2.13. The largest absolute Gasteiger partial charge is 0.481 e. The predicted octanol–water partition coefficient (Wildman–Crippen LogP) is 0.0594. The van der Waals surface area contributed by atoms with Gasteiger partial charge in [0.05, 0.1) is 16.9 Å². The summed E-state index contributed by atoms with van der Waals surface area (Å²) in [7, 11) is -4.22. The van der Waals surface area contributed by atoms with Crippen LogP contribution in [0, 0.1) is 0 Å². The van der Waals surface area contributed by atoms with E-state index in [0.29, 0.717) is 0 Å². The molecule has 1 aliphatic rings. The third-order valence-corrected chi connectivity index (χ3v) is 4.67. The Hall–Kier alpha value is -2.42. The number of hydrogen-bond donors (Lipinski definition) is 2. The Kier molecular flexibility index (Phi) is 3.69. The number of hydrogen-bond acceptors (Lipinski definition) is 6. The molecule has 21 heavy (non-hydrogen) atoms. The van der Waals surface area contributed by atoms with Gasteiger partial charge in [0, 0.05) is 12.1 Å². The molecule has 112 valence electrons. The molecule has 1 aromatic carbocycles. The molecule has 0 saturated heterocycles. The van der Waals surface area contributed by atoms with E-state index in [9.17, 15) is 22.8 Å². The maximum Gasteiger partial charge on any atom is 0.303 e. The number of nitrogens with zero attached hydrogens (tertiary/aromatic N) is 1. The molecule has 1 aromatic rings. The summed E-state index contributed by atoms with van der Waals surface area (Å²) in [5.74, 6) is -3.72. The average Bonchev–Trinajstić information content (AvgIpc) is 2.62. The summed E-state index contributed by atoms with van der Waals surface area (Å²) in [6, 6.07) is 4.16. The first kappa shape index (κ1) is 15.0. The van der Waals surface area contributed by atoms with Gasteiger partial charge in [-0.2, -0.15) is 4.31 Å². The summed E-state index contributed by atoms with van der Waals surface area (Å²) in [5.41, 5.74) is 5.42. The van der Waals surface area contributed by atoms with Crippen molar-refractivity contribution in [3.05, 3.63) is 29.3 Å². The monoisotopic (exact) mass is 312 g/mol. The summed E-state index contributed by atoms with van der Waals surface area (Å²) in [6.07, 6.45) is -0.564. The van der Waals surface area contributed by atoms with E-state index in [-0.39, 0.29) is 34.0 Å². The van der Waals surface area contributed by atoms with Crippen molar-refractivity contribution in [2.45, 2.75) is 12.8 Å². The van der Waals surface area contributed by atoms with Crippen molar-refractivity contribution in [3.63, 3.8) is 0 Å². The highest BCUT2D eigenvalue weighted by molar-refractivity contribution is 7.90. The maximum absolute atomic E-state index is 12.1. The Balaban J connectivity index is 2.31. The molecular formula is C12H12N2O6S. The Morgan fingerprint density at radius 3 is 2.48 bits per heavy atom. The zero-order valence-corrected chi connectivity index (χ0v) is 11.6. The summed E-state index contributed by atoms with van der Waals surface area (Å²) in [5, 5.41) is 8.50. The van der Waals surface area contributed by atoms with Crippen molar-refractivity contribution < 1.29 is 27.9 Å². The van der Waals surface area contributed by atoms with Gasteiger partial charge in [-0.15, -0.1) is 0 Å². The number of carbonyl (C=O) groups is 3. The Morgan fingerprint density at radius 1 is 1.24 bits per heavy atom. The maximum atomic E-state index is 12.1. The fraction of sp³-hybridized carbons (Fsp3) is 0.250. The number of carboxylic acid groups (broad SMARTS) is 1. The second-order valence-corrected chi connectivity index (χ2v) is 6.40. The van der Waals surface area contributed by atoms with Gasteiger partial charge in [0.2, 0.25) is 10.0 Å². The number of sulfonamides is 1. The SMILES string of the molecule is Nc1cccc2c1C(=O)N(S(=O)(=O)CCCC(=O)O)C2=O. The second-order valence-electron chi connectivity index (χ2n) is 4.46. The fourth-order valence-corrected chi connectivity index (χ4v) is 3.43. The minimum absolute atomic E-state index is 0.0223. The number of nitrogens with two attached hydrogens (primary N) is 1. The number of carboxylic acids is 1. The summed E-state index contributed by atoms with van der Waals surface area (Å²) in [4.78, 5) is 34.6. The van der Waals surface area contributed by atoms with Crippen LogP contribution in [-0.4, -0.2) is 41.4 Å². The number of imide groups is 1.